The van der Waals surface area contributed by atoms with Gasteiger partial charge in [0, 0.05) is 12.3 Å². The maximum atomic E-state index is 12.9. The van der Waals surface area contributed by atoms with Crippen LogP contribution in [-0.4, -0.2) is 9.78 Å². The predicted octanol–water partition coefficient (Wildman–Crippen LogP) is 3.23. The topological polar surface area (TPSA) is 17.8 Å². The lowest BCUT2D eigenvalue weighted by Crippen LogP contribution is -2.08. The molecule has 1 aromatic heterocycles. The Morgan fingerprint density at radius 2 is 1.67 bits per heavy atom. The molecule has 0 N–H and O–H groups in total. The summed E-state index contributed by atoms with van der Waals surface area (Å²) in [6.07, 6.45) is -3.43. The van der Waals surface area contributed by atoms with Crippen LogP contribution in [0.1, 0.15) is 11.3 Å². The molecule has 0 aliphatic rings. The number of halogens is 5. The molecular formula is C11H7F5N2. The summed E-state index contributed by atoms with van der Waals surface area (Å²) in [6.45, 7) is -0.134. The van der Waals surface area contributed by atoms with Crippen LogP contribution in [0.2, 0.25) is 0 Å². The molecule has 0 amide bonds. The zero-order chi connectivity index (χ0) is 13.3. The SMILES string of the molecule is Fc1cc(F)cc(Cn2ccc(C(F)(F)F)n2)c1. The van der Waals surface area contributed by atoms with Crippen LogP contribution in [0.3, 0.4) is 0 Å². The largest absolute Gasteiger partial charge is 0.435 e. The first-order valence-electron chi connectivity index (χ1n) is 4.90. The van der Waals surface area contributed by atoms with E-state index >= 15 is 0 Å². The molecule has 1 heterocycles. The lowest BCUT2D eigenvalue weighted by molar-refractivity contribution is -0.141. The molecule has 2 nitrogen and oxygen atoms in total. The lowest BCUT2D eigenvalue weighted by atomic mass is 10.2. The van der Waals surface area contributed by atoms with Gasteiger partial charge in [0.25, 0.3) is 0 Å². The Kier molecular flexibility index (Phi) is 3.06. The van der Waals surface area contributed by atoms with Gasteiger partial charge in [0.05, 0.1) is 6.54 Å². The molecule has 0 saturated heterocycles. The average molecular weight is 262 g/mol. The molecule has 2 aromatic rings. The van der Waals surface area contributed by atoms with Gasteiger partial charge in [0.1, 0.15) is 11.6 Å². The number of hydrogen-bond donors (Lipinski definition) is 0. The zero-order valence-electron chi connectivity index (χ0n) is 8.88. The van der Waals surface area contributed by atoms with Crippen molar-refractivity contribution in [1.29, 1.82) is 0 Å². The molecule has 0 aliphatic heterocycles. The van der Waals surface area contributed by atoms with Crippen molar-refractivity contribution in [3.8, 4) is 0 Å². The van der Waals surface area contributed by atoms with E-state index in [9.17, 15) is 22.0 Å². The third-order valence-electron chi connectivity index (χ3n) is 2.20. The average Bonchev–Trinajstić information content (AvgIpc) is 2.63. The predicted molar refractivity (Wildman–Crippen MR) is 52.7 cm³/mol. The van der Waals surface area contributed by atoms with E-state index in [1.54, 1.807) is 0 Å². The van der Waals surface area contributed by atoms with E-state index in [0.29, 0.717) is 6.07 Å². The molecule has 0 fully saturated rings. The van der Waals surface area contributed by atoms with Gasteiger partial charge in [0.15, 0.2) is 5.69 Å². The van der Waals surface area contributed by atoms with Gasteiger partial charge in [-0.05, 0) is 23.8 Å². The van der Waals surface area contributed by atoms with E-state index in [0.717, 1.165) is 29.1 Å². The highest BCUT2D eigenvalue weighted by Crippen LogP contribution is 2.27. The van der Waals surface area contributed by atoms with Gasteiger partial charge < -0.3 is 0 Å². The highest BCUT2D eigenvalue weighted by atomic mass is 19.4. The summed E-state index contributed by atoms with van der Waals surface area (Å²) in [5.74, 6) is -1.57. The minimum atomic E-state index is -4.53. The summed E-state index contributed by atoms with van der Waals surface area (Å²) in [7, 11) is 0. The molecule has 0 bridgehead atoms. The van der Waals surface area contributed by atoms with Gasteiger partial charge in [-0.3, -0.25) is 4.68 Å². The number of alkyl halides is 3. The first-order chi connectivity index (χ1) is 8.34. The van der Waals surface area contributed by atoms with Crippen molar-refractivity contribution in [2.24, 2.45) is 0 Å². The Balaban J connectivity index is 2.21. The first-order valence-corrected chi connectivity index (χ1v) is 4.90. The quantitative estimate of drug-likeness (QED) is 0.760. The van der Waals surface area contributed by atoms with Crippen LogP contribution in [-0.2, 0) is 12.7 Å². The Hall–Kier alpha value is -1.92. The smallest absolute Gasteiger partial charge is 0.268 e. The van der Waals surface area contributed by atoms with Crippen LogP contribution in [0.5, 0.6) is 0 Å². The van der Waals surface area contributed by atoms with Crippen molar-refractivity contribution in [3.63, 3.8) is 0 Å². The number of benzene rings is 1. The molecule has 2 rings (SSSR count). The maximum Gasteiger partial charge on any atom is 0.435 e. The van der Waals surface area contributed by atoms with Gasteiger partial charge in [0.2, 0.25) is 0 Å². The highest BCUT2D eigenvalue weighted by Gasteiger charge is 2.33. The second-order valence-corrected chi connectivity index (χ2v) is 3.67. The molecule has 0 unspecified atom stereocenters. The van der Waals surface area contributed by atoms with Crippen LogP contribution in [0.25, 0.3) is 0 Å². The monoisotopic (exact) mass is 262 g/mol. The van der Waals surface area contributed by atoms with Crippen LogP contribution >= 0.6 is 0 Å². The summed E-state index contributed by atoms with van der Waals surface area (Å²) < 4.78 is 63.5. The minimum absolute atomic E-state index is 0.134. The van der Waals surface area contributed by atoms with E-state index in [4.69, 9.17) is 0 Å². The summed E-state index contributed by atoms with van der Waals surface area (Å²) in [4.78, 5) is 0. The van der Waals surface area contributed by atoms with Gasteiger partial charge >= 0.3 is 6.18 Å². The van der Waals surface area contributed by atoms with E-state index in [-0.39, 0.29) is 12.1 Å². The fraction of sp³-hybridized carbons (Fsp3) is 0.182. The number of rotatable bonds is 2. The normalized spacial score (nSPS) is 11.8. The van der Waals surface area contributed by atoms with Gasteiger partial charge in [-0.2, -0.15) is 18.3 Å². The van der Waals surface area contributed by atoms with Crippen molar-refractivity contribution in [2.45, 2.75) is 12.7 Å². The van der Waals surface area contributed by atoms with E-state index in [1.807, 2.05) is 0 Å². The Morgan fingerprint density at radius 1 is 1.06 bits per heavy atom. The Bertz CT molecular complexity index is 539. The third-order valence-corrected chi connectivity index (χ3v) is 2.20. The molecule has 1 aromatic carbocycles. The fourth-order valence-electron chi connectivity index (χ4n) is 1.49. The summed E-state index contributed by atoms with van der Waals surface area (Å²) >= 11 is 0. The first kappa shape index (κ1) is 12.5. The molecule has 0 atom stereocenters. The maximum absolute atomic E-state index is 12.9. The molecule has 96 valence electrons. The van der Waals surface area contributed by atoms with Gasteiger partial charge in [-0.1, -0.05) is 0 Å². The van der Waals surface area contributed by atoms with Crippen molar-refractivity contribution in [3.05, 3.63) is 53.4 Å². The third kappa shape index (κ3) is 2.85. The minimum Gasteiger partial charge on any atom is -0.268 e. The molecule has 0 saturated carbocycles. The van der Waals surface area contributed by atoms with E-state index in [1.165, 1.54) is 0 Å². The van der Waals surface area contributed by atoms with Crippen LogP contribution in [0, 0.1) is 11.6 Å². The van der Waals surface area contributed by atoms with Crippen LogP contribution in [0.4, 0.5) is 22.0 Å². The zero-order valence-corrected chi connectivity index (χ0v) is 8.88. The van der Waals surface area contributed by atoms with E-state index < -0.39 is 23.5 Å². The molecular weight excluding hydrogens is 255 g/mol. The summed E-state index contributed by atoms with van der Waals surface area (Å²) in [5, 5.41) is 3.28. The van der Waals surface area contributed by atoms with Crippen molar-refractivity contribution < 1.29 is 22.0 Å². The highest BCUT2D eigenvalue weighted by molar-refractivity contribution is 5.18. The second kappa shape index (κ2) is 4.40. The standard InChI is InChI=1S/C11H7F5N2/c12-8-3-7(4-9(13)5-8)6-18-2-1-10(17-18)11(14,15)16/h1-5H,6H2. The summed E-state index contributed by atoms with van der Waals surface area (Å²) in [6, 6.07) is 3.57. The van der Waals surface area contributed by atoms with Crippen molar-refractivity contribution >= 4 is 0 Å². The Morgan fingerprint density at radius 3 is 2.17 bits per heavy atom. The molecule has 0 radical (unpaired) electrons. The van der Waals surface area contributed by atoms with E-state index in [2.05, 4.69) is 5.10 Å². The van der Waals surface area contributed by atoms with Gasteiger partial charge in [-0.25, -0.2) is 8.78 Å². The van der Waals surface area contributed by atoms with Crippen LogP contribution < -0.4 is 0 Å². The second-order valence-electron chi connectivity index (χ2n) is 3.67. The molecule has 0 spiro atoms. The van der Waals surface area contributed by atoms with Crippen molar-refractivity contribution in [2.75, 3.05) is 0 Å². The molecule has 7 heteroatoms. The molecule has 18 heavy (non-hydrogen) atoms. The number of nitrogens with zero attached hydrogens (tertiary/aromatic N) is 2. The number of hydrogen-bond acceptors (Lipinski definition) is 1. The van der Waals surface area contributed by atoms with Crippen molar-refractivity contribution in [1.82, 2.24) is 9.78 Å². The summed E-state index contributed by atoms with van der Waals surface area (Å²) in [5.41, 5.74) is -0.844. The molecule has 0 aliphatic carbocycles. The fourth-order valence-corrected chi connectivity index (χ4v) is 1.49. The lowest BCUT2D eigenvalue weighted by Gasteiger charge is -2.04. The Labute approximate surface area is 98.7 Å². The van der Waals surface area contributed by atoms with Crippen LogP contribution in [0.15, 0.2) is 30.5 Å². The van der Waals surface area contributed by atoms with Gasteiger partial charge in [-0.15, -0.1) is 0 Å². The number of aromatic nitrogens is 2.